The third-order valence-electron chi connectivity index (χ3n) is 5.70. The second kappa shape index (κ2) is 9.70. The lowest BCUT2D eigenvalue weighted by atomic mass is 9.88. The number of anilines is 1. The molecule has 2 amide bonds. The van der Waals surface area contributed by atoms with Gasteiger partial charge in [0.1, 0.15) is 11.5 Å². The first-order valence-electron chi connectivity index (χ1n) is 10.8. The van der Waals surface area contributed by atoms with Gasteiger partial charge in [-0.25, -0.2) is 19.7 Å². The maximum Gasteiger partial charge on any atom is 0.320 e. The topological polar surface area (TPSA) is 98.8 Å². The Labute approximate surface area is 182 Å². The van der Waals surface area contributed by atoms with E-state index in [-0.39, 0.29) is 6.03 Å². The molecule has 31 heavy (non-hydrogen) atoms. The molecule has 1 aliphatic rings. The fraction of sp³-hybridized carbons (Fsp3) is 0.391. The smallest absolute Gasteiger partial charge is 0.320 e. The van der Waals surface area contributed by atoms with Gasteiger partial charge < -0.3 is 10.3 Å². The number of pyridine rings is 2. The maximum absolute atomic E-state index is 11.7. The summed E-state index contributed by atoms with van der Waals surface area (Å²) >= 11 is 0. The van der Waals surface area contributed by atoms with Gasteiger partial charge >= 0.3 is 6.03 Å². The Hall–Kier alpha value is -3.26. The van der Waals surface area contributed by atoms with Gasteiger partial charge in [0.25, 0.3) is 0 Å². The largest absolute Gasteiger partial charge is 0.343 e. The molecule has 1 saturated heterocycles. The molecule has 4 rings (SSSR count). The average molecular weight is 420 g/mol. The molecule has 3 N–H and O–H groups in total. The average Bonchev–Trinajstić information content (AvgIpc) is 3.30. The lowest BCUT2D eigenvalue weighted by molar-refractivity contribution is 0.204. The molecule has 0 bridgehead atoms. The zero-order valence-electron chi connectivity index (χ0n) is 18.1. The molecule has 1 fully saturated rings. The number of likely N-dealkylation sites (tertiary alicyclic amines) is 1. The van der Waals surface area contributed by atoms with E-state index in [2.05, 4.69) is 49.5 Å². The molecule has 8 heteroatoms. The SMILES string of the molecule is CCNC(=O)Nc1cc(CN2CCC(c3ccc(-c4ncc[nH]4)nc3C)CC2)ccn1. The number of H-pyrrole nitrogens is 1. The van der Waals surface area contributed by atoms with Gasteiger partial charge in [0.05, 0.1) is 0 Å². The number of amides is 2. The van der Waals surface area contributed by atoms with Crippen molar-refractivity contribution in [1.82, 2.24) is 30.2 Å². The van der Waals surface area contributed by atoms with Crippen LogP contribution in [0, 0.1) is 6.92 Å². The molecule has 1 aliphatic heterocycles. The molecule has 3 aromatic heterocycles. The molecule has 0 aliphatic carbocycles. The van der Waals surface area contributed by atoms with Crippen LogP contribution in [0.3, 0.4) is 0 Å². The minimum absolute atomic E-state index is 0.227. The van der Waals surface area contributed by atoms with Crippen LogP contribution in [0.1, 0.15) is 42.5 Å². The number of carbonyl (C=O) groups is 1. The van der Waals surface area contributed by atoms with E-state index in [1.54, 1.807) is 12.4 Å². The summed E-state index contributed by atoms with van der Waals surface area (Å²) in [7, 11) is 0. The number of hydrogen-bond acceptors (Lipinski definition) is 5. The standard InChI is InChI=1S/C23H29N7O/c1-3-24-23(31)29-21-14-17(6-9-25-21)15-30-12-7-18(8-13-30)19-4-5-20(28-16(19)2)22-26-10-11-27-22/h4-6,9-11,14,18H,3,7-8,12-13,15H2,1-2H3,(H,26,27)(H2,24,25,29,31). The van der Waals surface area contributed by atoms with Gasteiger partial charge in [-0.3, -0.25) is 10.2 Å². The van der Waals surface area contributed by atoms with Crippen LogP contribution in [0.25, 0.3) is 11.5 Å². The highest BCUT2D eigenvalue weighted by atomic mass is 16.2. The number of carbonyl (C=O) groups excluding carboxylic acids is 1. The third kappa shape index (κ3) is 5.27. The van der Waals surface area contributed by atoms with Crippen molar-refractivity contribution in [2.24, 2.45) is 0 Å². The highest BCUT2D eigenvalue weighted by molar-refractivity contribution is 5.88. The Kier molecular flexibility index (Phi) is 6.57. The number of aryl methyl sites for hydroxylation is 1. The fourth-order valence-electron chi connectivity index (χ4n) is 4.16. The number of hydrogen-bond donors (Lipinski definition) is 3. The molecule has 0 aromatic carbocycles. The van der Waals surface area contributed by atoms with Crippen LogP contribution >= 0.6 is 0 Å². The van der Waals surface area contributed by atoms with Crippen molar-refractivity contribution in [3.63, 3.8) is 0 Å². The Balaban J connectivity index is 1.33. The van der Waals surface area contributed by atoms with E-state index in [1.807, 2.05) is 25.3 Å². The summed E-state index contributed by atoms with van der Waals surface area (Å²) in [5.74, 6) is 1.92. The predicted molar refractivity (Wildman–Crippen MR) is 121 cm³/mol. The van der Waals surface area contributed by atoms with Crippen molar-refractivity contribution in [3.8, 4) is 11.5 Å². The number of nitrogens with one attached hydrogen (secondary N) is 3. The second-order valence-corrected chi connectivity index (χ2v) is 7.89. The maximum atomic E-state index is 11.7. The number of aromatic amines is 1. The summed E-state index contributed by atoms with van der Waals surface area (Å²) in [4.78, 5) is 30.6. The summed E-state index contributed by atoms with van der Waals surface area (Å²) in [6.07, 6.45) is 7.53. The third-order valence-corrected chi connectivity index (χ3v) is 5.70. The van der Waals surface area contributed by atoms with Crippen LogP contribution in [0.4, 0.5) is 10.6 Å². The molecule has 0 radical (unpaired) electrons. The number of aromatic nitrogens is 4. The van der Waals surface area contributed by atoms with Crippen LogP contribution in [0.5, 0.6) is 0 Å². The summed E-state index contributed by atoms with van der Waals surface area (Å²) in [5.41, 5.74) is 4.47. The van der Waals surface area contributed by atoms with Crippen molar-refractivity contribution in [2.45, 2.75) is 39.2 Å². The molecular formula is C23H29N7O. The van der Waals surface area contributed by atoms with Crippen LogP contribution in [0.15, 0.2) is 42.9 Å². The molecule has 162 valence electrons. The quantitative estimate of drug-likeness (QED) is 0.566. The molecule has 0 atom stereocenters. The Bertz CT molecular complexity index is 1010. The van der Waals surface area contributed by atoms with Crippen molar-refractivity contribution >= 4 is 11.8 Å². The van der Waals surface area contributed by atoms with E-state index < -0.39 is 0 Å². The first-order valence-corrected chi connectivity index (χ1v) is 10.8. The Morgan fingerprint density at radius 2 is 2.03 bits per heavy atom. The molecule has 0 unspecified atom stereocenters. The van der Waals surface area contributed by atoms with E-state index in [0.29, 0.717) is 18.3 Å². The lowest BCUT2D eigenvalue weighted by Gasteiger charge is -2.32. The number of rotatable bonds is 6. The predicted octanol–water partition coefficient (Wildman–Crippen LogP) is 3.70. The van der Waals surface area contributed by atoms with Gasteiger partial charge in [-0.1, -0.05) is 6.07 Å². The van der Waals surface area contributed by atoms with E-state index >= 15 is 0 Å². The van der Waals surface area contributed by atoms with Crippen molar-refractivity contribution < 1.29 is 4.79 Å². The normalized spacial score (nSPS) is 15.0. The van der Waals surface area contributed by atoms with Crippen molar-refractivity contribution in [3.05, 3.63) is 59.7 Å². The minimum Gasteiger partial charge on any atom is -0.343 e. The number of urea groups is 1. The molecule has 8 nitrogen and oxygen atoms in total. The first-order chi connectivity index (χ1) is 15.1. The molecule has 3 aromatic rings. The van der Waals surface area contributed by atoms with Gasteiger partial charge in [0.2, 0.25) is 0 Å². The highest BCUT2D eigenvalue weighted by Crippen LogP contribution is 2.31. The van der Waals surface area contributed by atoms with E-state index in [1.165, 1.54) is 5.56 Å². The highest BCUT2D eigenvalue weighted by Gasteiger charge is 2.23. The van der Waals surface area contributed by atoms with Crippen molar-refractivity contribution in [1.29, 1.82) is 0 Å². The Morgan fingerprint density at radius 1 is 1.19 bits per heavy atom. The summed E-state index contributed by atoms with van der Waals surface area (Å²) in [5, 5.41) is 5.50. The first kappa shape index (κ1) is 21.0. The van der Waals surface area contributed by atoms with Gasteiger partial charge in [-0.2, -0.15) is 0 Å². The summed E-state index contributed by atoms with van der Waals surface area (Å²) in [6, 6.07) is 8.00. The molecular weight excluding hydrogens is 390 g/mol. The molecule has 0 spiro atoms. The van der Waals surface area contributed by atoms with Crippen LogP contribution in [0.2, 0.25) is 0 Å². The monoisotopic (exact) mass is 419 g/mol. The summed E-state index contributed by atoms with van der Waals surface area (Å²) < 4.78 is 0. The minimum atomic E-state index is -0.227. The zero-order chi connectivity index (χ0) is 21.6. The van der Waals surface area contributed by atoms with Gasteiger partial charge in [0.15, 0.2) is 5.82 Å². The summed E-state index contributed by atoms with van der Waals surface area (Å²) in [6.45, 7) is 7.48. The van der Waals surface area contributed by atoms with Gasteiger partial charge in [-0.15, -0.1) is 0 Å². The molecule has 4 heterocycles. The molecule has 0 saturated carbocycles. The van der Waals surface area contributed by atoms with Crippen LogP contribution < -0.4 is 10.6 Å². The lowest BCUT2D eigenvalue weighted by Crippen LogP contribution is -2.33. The van der Waals surface area contributed by atoms with E-state index in [0.717, 1.165) is 55.3 Å². The number of imidazole rings is 1. The van der Waals surface area contributed by atoms with E-state index in [9.17, 15) is 4.79 Å². The van der Waals surface area contributed by atoms with E-state index in [4.69, 9.17) is 4.98 Å². The van der Waals surface area contributed by atoms with Gasteiger partial charge in [0, 0.05) is 37.4 Å². The van der Waals surface area contributed by atoms with Crippen LogP contribution in [-0.4, -0.2) is 50.5 Å². The second-order valence-electron chi connectivity index (χ2n) is 7.89. The van der Waals surface area contributed by atoms with Crippen LogP contribution in [-0.2, 0) is 6.54 Å². The Morgan fingerprint density at radius 3 is 2.74 bits per heavy atom. The fourth-order valence-corrected chi connectivity index (χ4v) is 4.16. The number of piperidine rings is 1. The number of nitrogens with zero attached hydrogens (tertiary/aromatic N) is 4. The van der Waals surface area contributed by atoms with Crippen molar-refractivity contribution in [2.75, 3.05) is 25.0 Å². The van der Waals surface area contributed by atoms with Gasteiger partial charge in [-0.05, 0) is 75.0 Å². The zero-order valence-corrected chi connectivity index (χ0v) is 18.1.